The lowest BCUT2D eigenvalue weighted by Gasteiger charge is -2.14. The van der Waals surface area contributed by atoms with Crippen LogP contribution >= 0.6 is 23.2 Å². The van der Waals surface area contributed by atoms with Crippen molar-refractivity contribution < 1.29 is 50.2 Å². The number of carbonyl (C=O) groups excluding carboxylic acids is 1. The number of halogens is 8. The first-order valence-electron chi connectivity index (χ1n) is 11.8. The lowest BCUT2D eigenvalue weighted by molar-refractivity contribution is -0.192. The molecule has 2 aromatic heterocycles. The van der Waals surface area contributed by atoms with Crippen LogP contribution in [0.3, 0.4) is 0 Å². The molecule has 2 aromatic carbocycles. The van der Waals surface area contributed by atoms with Crippen molar-refractivity contribution in [1.29, 1.82) is 0 Å². The van der Waals surface area contributed by atoms with Crippen LogP contribution in [0.4, 0.5) is 32.0 Å². The Labute approximate surface area is 248 Å². The van der Waals surface area contributed by atoms with Gasteiger partial charge in [0.1, 0.15) is 18.1 Å². The largest absolute Gasteiger partial charge is 0.492 e. The van der Waals surface area contributed by atoms with Crippen molar-refractivity contribution in [2.75, 3.05) is 18.5 Å². The lowest BCUT2D eigenvalue weighted by Crippen LogP contribution is -2.21. The molecule has 43 heavy (non-hydrogen) atoms. The number of hydrogen-bond acceptors (Lipinski definition) is 6. The van der Waals surface area contributed by atoms with Crippen molar-refractivity contribution in [1.82, 2.24) is 9.78 Å². The van der Waals surface area contributed by atoms with Crippen LogP contribution < -0.4 is 15.8 Å². The summed E-state index contributed by atoms with van der Waals surface area (Å²) in [5, 5.41) is 14.4. The minimum absolute atomic E-state index is 0.128. The zero-order valence-electron chi connectivity index (χ0n) is 21.7. The number of anilines is 1. The fraction of sp³-hybridized carbons (Fsp3) is 0.192. The van der Waals surface area contributed by atoms with E-state index in [2.05, 4.69) is 10.4 Å². The first-order chi connectivity index (χ1) is 20.0. The number of nitrogens with two attached hydrogens (primary N) is 1. The van der Waals surface area contributed by atoms with E-state index >= 15 is 0 Å². The Bertz CT molecular complexity index is 1580. The molecule has 0 saturated carbocycles. The molecule has 0 aliphatic heterocycles. The van der Waals surface area contributed by atoms with E-state index < -0.39 is 35.6 Å². The summed E-state index contributed by atoms with van der Waals surface area (Å²) in [4.78, 5) is 21.9. The number of aromatic nitrogens is 2. The fourth-order valence-corrected chi connectivity index (χ4v) is 3.92. The Morgan fingerprint density at radius 3 is 2.21 bits per heavy atom. The lowest BCUT2D eigenvalue weighted by atomic mass is 10.1. The number of nitrogens with zero attached hydrogens (tertiary/aromatic N) is 2. The van der Waals surface area contributed by atoms with Crippen molar-refractivity contribution in [3.05, 3.63) is 76.1 Å². The zero-order chi connectivity index (χ0) is 32.1. The van der Waals surface area contributed by atoms with E-state index in [1.807, 2.05) is 0 Å². The van der Waals surface area contributed by atoms with Gasteiger partial charge in [0.2, 0.25) is 5.76 Å². The van der Waals surface area contributed by atoms with Crippen LogP contribution in [0.1, 0.15) is 16.1 Å². The SMILES string of the molecule is Cn1ncc(Cl)c1-c1cc(NC(=O)c2cc(-c3ccc(Cl)cc3)oc2C(F)(F)F)ccc1OCCN.O=C(O)C(F)(F)F. The monoisotopic (exact) mass is 652 g/mol. The number of carboxylic acid groups (broad SMARTS) is 1. The van der Waals surface area contributed by atoms with Gasteiger partial charge in [-0.2, -0.15) is 31.4 Å². The maximum atomic E-state index is 13.7. The molecule has 0 unspecified atom stereocenters. The number of nitrogens with one attached hydrogen (secondary N) is 1. The van der Waals surface area contributed by atoms with Crippen molar-refractivity contribution in [2.24, 2.45) is 12.8 Å². The van der Waals surface area contributed by atoms with Crippen LogP contribution in [-0.2, 0) is 18.0 Å². The van der Waals surface area contributed by atoms with Gasteiger partial charge in [-0.15, -0.1) is 0 Å². The average Bonchev–Trinajstić information content (AvgIpc) is 3.52. The molecule has 0 spiro atoms. The molecule has 0 radical (unpaired) electrons. The highest BCUT2D eigenvalue weighted by Crippen LogP contribution is 2.39. The number of hydrogen-bond donors (Lipinski definition) is 3. The number of ether oxygens (including phenoxy) is 1. The average molecular weight is 653 g/mol. The van der Waals surface area contributed by atoms with E-state index in [-0.39, 0.29) is 24.6 Å². The number of aryl methyl sites for hydroxylation is 1. The predicted molar refractivity (Wildman–Crippen MR) is 144 cm³/mol. The Balaban J connectivity index is 0.000000646. The van der Waals surface area contributed by atoms with Gasteiger partial charge in [0.25, 0.3) is 5.91 Å². The highest BCUT2D eigenvalue weighted by molar-refractivity contribution is 6.33. The van der Waals surface area contributed by atoms with Crippen LogP contribution in [-0.4, -0.2) is 46.1 Å². The number of carbonyl (C=O) groups is 2. The molecule has 4 aromatic rings. The first kappa shape index (κ1) is 33.3. The van der Waals surface area contributed by atoms with Crippen molar-refractivity contribution in [3.8, 4) is 28.3 Å². The summed E-state index contributed by atoms with van der Waals surface area (Å²) in [6.45, 7) is 0.472. The number of amides is 1. The van der Waals surface area contributed by atoms with E-state index in [0.717, 1.165) is 6.07 Å². The molecular formula is C26H20Cl2F6N4O5. The third-order valence-electron chi connectivity index (χ3n) is 5.37. The van der Waals surface area contributed by atoms with Gasteiger partial charge in [0, 0.05) is 35.4 Å². The number of carboxylic acids is 1. The second kappa shape index (κ2) is 13.4. The molecule has 9 nitrogen and oxygen atoms in total. The van der Waals surface area contributed by atoms with E-state index in [1.54, 1.807) is 13.1 Å². The number of rotatable bonds is 7. The van der Waals surface area contributed by atoms with E-state index in [4.69, 9.17) is 48.0 Å². The van der Waals surface area contributed by atoms with Crippen LogP contribution in [0, 0.1) is 0 Å². The highest BCUT2D eigenvalue weighted by Gasteiger charge is 2.41. The molecule has 0 atom stereocenters. The summed E-state index contributed by atoms with van der Waals surface area (Å²) in [6.07, 6.45) is -8.54. The molecule has 2 heterocycles. The minimum atomic E-state index is -5.08. The molecule has 0 aliphatic rings. The molecule has 4 N–H and O–H groups in total. The van der Waals surface area contributed by atoms with E-state index in [1.165, 1.54) is 47.3 Å². The van der Waals surface area contributed by atoms with Crippen molar-refractivity contribution in [3.63, 3.8) is 0 Å². The molecular weight excluding hydrogens is 633 g/mol. The Morgan fingerprint density at radius 1 is 1.07 bits per heavy atom. The fourth-order valence-electron chi connectivity index (χ4n) is 3.53. The number of alkyl halides is 6. The number of benzene rings is 2. The third-order valence-corrected chi connectivity index (χ3v) is 5.90. The zero-order valence-corrected chi connectivity index (χ0v) is 23.2. The molecule has 4 rings (SSSR count). The van der Waals surface area contributed by atoms with Crippen LogP contribution in [0.25, 0.3) is 22.6 Å². The Morgan fingerprint density at radius 2 is 1.70 bits per heavy atom. The molecule has 0 aliphatic carbocycles. The van der Waals surface area contributed by atoms with Gasteiger partial charge in [-0.3, -0.25) is 9.48 Å². The maximum absolute atomic E-state index is 13.7. The van der Waals surface area contributed by atoms with Gasteiger partial charge in [-0.1, -0.05) is 23.2 Å². The number of aliphatic carboxylic acids is 1. The van der Waals surface area contributed by atoms with Crippen LogP contribution in [0.15, 0.2) is 59.1 Å². The standard InChI is InChI=1S/C24H19Cl2F3N4O3.C2HF3O2/c1-33-21(18(26)12-31-33)16-10-15(6-7-19(16)35-9-8-30)32-23(34)17-11-20(36-22(17)24(27,28)29)13-2-4-14(25)5-3-13;3-2(4,5)1(6)7/h2-7,10-12H,8-9,30H2,1H3,(H,32,34);(H,6,7). The summed E-state index contributed by atoms with van der Waals surface area (Å²) in [5.41, 5.74) is 6.36. The van der Waals surface area contributed by atoms with Crippen molar-refractivity contribution in [2.45, 2.75) is 12.4 Å². The summed E-state index contributed by atoms with van der Waals surface area (Å²) >= 11 is 12.1. The quantitative estimate of drug-likeness (QED) is 0.185. The minimum Gasteiger partial charge on any atom is -0.492 e. The van der Waals surface area contributed by atoms with Gasteiger partial charge in [-0.25, -0.2) is 4.79 Å². The molecule has 0 bridgehead atoms. The van der Waals surface area contributed by atoms with Gasteiger partial charge in [-0.05, 0) is 48.5 Å². The van der Waals surface area contributed by atoms with Gasteiger partial charge in [0.05, 0.1) is 22.5 Å². The van der Waals surface area contributed by atoms with Gasteiger partial charge >= 0.3 is 18.3 Å². The Kier molecular flexibility index (Phi) is 10.4. The van der Waals surface area contributed by atoms with Gasteiger partial charge in [0.15, 0.2) is 0 Å². The summed E-state index contributed by atoms with van der Waals surface area (Å²) in [5.74, 6) is -4.90. The Hall–Kier alpha value is -4.21. The van der Waals surface area contributed by atoms with Crippen LogP contribution in [0.5, 0.6) is 5.75 Å². The topological polar surface area (TPSA) is 133 Å². The van der Waals surface area contributed by atoms with Crippen molar-refractivity contribution >= 4 is 40.8 Å². The van der Waals surface area contributed by atoms with E-state index in [9.17, 15) is 31.1 Å². The second-order valence-corrected chi connectivity index (χ2v) is 9.27. The van der Waals surface area contributed by atoms with E-state index in [0.29, 0.717) is 32.6 Å². The molecule has 0 fully saturated rings. The molecule has 1 amide bonds. The smallest absolute Gasteiger partial charge is 0.490 e. The second-order valence-electron chi connectivity index (χ2n) is 8.43. The molecule has 230 valence electrons. The maximum Gasteiger partial charge on any atom is 0.490 e. The summed E-state index contributed by atoms with van der Waals surface area (Å²) < 4.78 is 85.1. The number of furan rings is 1. The summed E-state index contributed by atoms with van der Waals surface area (Å²) in [7, 11) is 1.67. The summed E-state index contributed by atoms with van der Waals surface area (Å²) in [6, 6.07) is 11.6. The third kappa shape index (κ3) is 8.43. The molecule has 0 saturated heterocycles. The predicted octanol–water partition coefficient (Wildman–Crippen LogP) is 6.90. The highest BCUT2D eigenvalue weighted by atomic mass is 35.5. The first-order valence-corrected chi connectivity index (χ1v) is 12.5. The van der Waals surface area contributed by atoms with Crippen LogP contribution in [0.2, 0.25) is 10.0 Å². The normalized spacial score (nSPS) is 11.5. The van der Waals surface area contributed by atoms with Gasteiger partial charge < -0.3 is 25.3 Å². The molecule has 17 heteroatoms.